The summed E-state index contributed by atoms with van der Waals surface area (Å²) in [5.74, 6) is 1.59. The van der Waals surface area contributed by atoms with Gasteiger partial charge in [-0.2, -0.15) is 10.2 Å². The minimum absolute atomic E-state index is 0.250. The molecule has 1 aromatic heterocycles. The summed E-state index contributed by atoms with van der Waals surface area (Å²) in [6.07, 6.45) is 6.51. The number of nitrogens with zero attached hydrogens (tertiary/aromatic N) is 3. The topological polar surface area (TPSA) is 87.9 Å². The summed E-state index contributed by atoms with van der Waals surface area (Å²) in [5.41, 5.74) is 0.272. The normalized spacial score (nSPS) is 13.5. The van der Waals surface area contributed by atoms with Crippen LogP contribution in [0.1, 0.15) is 34.9 Å². The summed E-state index contributed by atoms with van der Waals surface area (Å²) in [5, 5.41) is 11.1. The van der Waals surface area contributed by atoms with Crippen LogP contribution in [0.5, 0.6) is 11.6 Å². The molecular formula is C18H16N4O2. The van der Waals surface area contributed by atoms with Gasteiger partial charge in [-0.3, -0.25) is 4.79 Å². The molecule has 0 atom stereocenters. The van der Waals surface area contributed by atoms with Crippen molar-refractivity contribution in [2.75, 3.05) is 6.54 Å². The standard InChI is InChI=1S/C18H16N4O2/c19-10-4-5-11-20-17(23)15-12-21-16(13-8-9-13)22-18(15)24-14-6-2-1-3-7-14/h1-7,12-13H,8-9,11H2,(H,20,23). The van der Waals surface area contributed by atoms with Gasteiger partial charge in [-0.1, -0.05) is 24.3 Å². The first-order chi connectivity index (χ1) is 11.8. The maximum absolute atomic E-state index is 12.3. The van der Waals surface area contributed by atoms with Gasteiger partial charge in [-0.25, -0.2) is 4.98 Å². The molecule has 1 N–H and O–H groups in total. The number of amides is 1. The van der Waals surface area contributed by atoms with Crippen molar-refractivity contribution in [2.24, 2.45) is 0 Å². The molecule has 0 unspecified atom stereocenters. The Labute approximate surface area is 139 Å². The summed E-state index contributed by atoms with van der Waals surface area (Å²) in [4.78, 5) is 21.0. The average molecular weight is 320 g/mol. The van der Waals surface area contributed by atoms with Crippen LogP contribution in [-0.2, 0) is 0 Å². The quantitative estimate of drug-likeness (QED) is 0.827. The third-order valence-electron chi connectivity index (χ3n) is 3.49. The number of nitriles is 1. The molecular weight excluding hydrogens is 304 g/mol. The number of carbonyl (C=O) groups is 1. The summed E-state index contributed by atoms with van der Waals surface area (Å²) >= 11 is 0. The first-order valence-corrected chi connectivity index (χ1v) is 7.70. The first-order valence-electron chi connectivity index (χ1n) is 7.70. The Morgan fingerprint density at radius 2 is 2.17 bits per heavy atom. The molecule has 3 rings (SSSR count). The number of nitrogens with one attached hydrogen (secondary N) is 1. The maximum atomic E-state index is 12.3. The van der Waals surface area contributed by atoms with E-state index in [1.165, 1.54) is 12.3 Å². The largest absolute Gasteiger partial charge is 0.438 e. The van der Waals surface area contributed by atoms with Crippen LogP contribution in [0.4, 0.5) is 0 Å². The highest BCUT2D eigenvalue weighted by Gasteiger charge is 2.28. The molecule has 1 fully saturated rings. The second-order valence-electron chi connectivity index (χ2n) is 5.38. The highest BCUT2D eigenvalue weighted by Crippen LogP contribution is 2.39. The van der Waals surface area contributed by atoms with Gasteiger partial charge >= 0.3 is 0 Å². The molecule has 0 bridgehead atoms. The third kappa shape index (κ3) is 3.96. The van der Waals surface area contributed by atoms with Crippen molar-refractivity contribution in [2.45, 2.75) is 18.8 Å². The zero-order valence-electron chi connectivity index (χ0n) is 13.0. The van der Waals surface area contributed by atoms with Crippen LogP contribution in [0.3, 0.4) is 0 Å². The number of benzene rings is 1. The van der Waals surface area contributed by atoms with Crippen LogP contribution < -0.4 is 10.1 Å². The lowest BCUT2D eigenvalue weighted by molar-refractivity contribution is 0.0954. The lowest BCUT2D eigenvalue weighted by Crippen LogP contribution is -2.24. The van der Waals surface area contributed by atoms with Crippen molar-refractivity contribution in [3.8, 4) is 17.7 Å². The molecule has 1 aromatic carbocycles. The Balaban J connectivity index is 1.82. The number of hydrogen-bond donors (Lipinski definition) is 1. The monoisotopic (exact) mass is 320 g/mol. The van der Waals surface area contributed by atoms with Crippen LogP contribution in [0.25, 0.3) is 0 Å². The van der Waals surface area contributed by atoms with Crippen molar-refractivity contribution in [1.29, 1.82) is 5.26 Å². The van der Waals surface area contributed by atoms with Crippen LogP contribution >= 0.6 is 0 Å². The molecule has 6 nitrogen and oxygen atoms in total. The minimum Gasteiger partial charge on any atom is -0.438 e. The van der Waals surface area contributed by atoms with Crippen molar-refractivity contribution < 1.29 is 9.53 Å². The van der Waals surface area contributed by atoms with E-state index in [-0.39, 0.29) is 23.9 Å². The third-order valence-corrected chi connectivity index (χ3v) is 3.49. The van der Waals surface area contributed by atoms with Gasteiger partial charge in [-0.05, 0) is 25.0 Å². The average Bonchev–Trinajstić information content (AvgIpc) is 3.44. The van der Waals surface area contributed by atoms with Crippen LogP contribution in [0.15, 0.2) is 48.7 Å². The molecule has 0 saturated heterocycles. The van der Waals surface area contributed by atoms with Gasteiger partial charge in [0.1, 0.15) is 17.1 Å². The fourth-order valence-corrected chi connectivity index (χ4v) is 2.11. The number of carbonyl (C=O) groups excluding carboxylic acids is 1. The van der Waals surface area contributed by atoms with E-state index < -0.39 is 0 Å². The molecule has 0 spiro atoms. The molecule has 1 aliphatic rings. The summed E-state index contributed by atoms with van der Waals surface area (Å²) in [7, 11) is 0. The summed E-state index contributed by atoms with van der Waals surface area (Å²) in [6.45, 7) is 0.252. The van der Waals surface area contributed by atoms with Crippen LogP contribution in [0.2, 0.25) is 0 Å². The fourth-order valence-electron chi connectivity index (χ4n) is 2.11. The molecule has 1 aliphatic carbocycles. The van der Waals surface area contributed by atoms with E-state index in [0.29, 0.717) is 17.5 Å². The molecule has 1 saturated carbocycles. The van der Waals surface area contributed by atoms with E-state index in [1.807, 2.05) is 24.3 Å². The number of para-hydroxylation sites is 1. The van der Waals surface area contributed by atoms with Gasteiger partial charge in [0, 0.05) is 24.7 Å². The predicted molar refractivity (Wildman–Crippen MR) is 87.6 cm³/mol. The molecule has 0 radical (unpaired) electrons. The van der Waals surface area contributed by atoms with Crippen molar-refractivity contribution in [3.63, 3.8) is 0 Å². The van der Waals surface area contributed by atoms with Gasteiger partial charge < -0.3 is 10.1 Å². The Morgan fingerprint density at radius 1 is 1.38 bits per heavy atom. The van der Waals surface area contributed by atoms with Crippen LogP contribution in [0, 0.1) is 11.3 Å². The Hall–Kier alpha value is -3.20. The molecule has 120 valence electrons. The van der Waals surface area contributed by atoms with Gasteiger partial charge in [0.2, 0.25) is 5.88 Å². The SMILES string of the molecule is N#CC=CCNC(=O)c1cnc(C2CC2)nc1Oc1ccccc1. The highest BCUT2D eigenvalue weighted by molar-refractivity contribution is 5.96. The molecule has 2 aromatic rings. The zero-order chi connectivity index (χ0) is 16.8. The molecule has 1 heterocycles. The number of hydrogen-bond acceptors (Lipinski definition) is 5. The van der Waals surface area contributed by atoms with E-state index in [4.69, 9.17) is 10.00 Å². The predicted octanol–water partition coefficient (Wildman–Crippen LogP) is 2.96. The molecule has 1 amide bonds. The molecule has 24 heavy (non-hydrogen) atoms. The fraction of sp³-hybridized carbons (Fsp3) is 0.222. The van der Waals surface area contributed by atoms with Crippen molar-refractivity contribution in [1.82, 2.24) is 15.3 Å². The number of rotatable bonds is 6. The van der Waals surface area contributed by atoms with Gasteiger partial charge in [0.25, 0.3) is 5.91 Å². The number of allylic oxidation sites excluding steroid dienone is 1. The van der Waals surface area contributed by atoms with E-state index >= 15 is 0 Å². The minimum atomic E-state index is -0.342. The second kappa shape index (κ2) is 7.38. The number of ether oxygens (including phenoxy) is 1. The Bertz CT molecular complexity index is 792. The first kappa shape index (κ1) is 15.7. The highest BCUT2D eigenvalue weighted by atomic mass is 16.5. The maximum Gasteiger partial charge on any atom is 0.258 e. The van der Waals surface area contributed by atoms with Crippen LogP contribution in [-0.4, -0.2) is 22.4 Å². The van der Waals surface area contributed by atoms with E-state index in [0.717, 1.165) is 12.8 Å². The van der Waals surface area contributed by atoms with E-state index in [9.17, 15) is 4.79 Å². The number of aromatic nitrogens is 2. The molecule has 6 heteroatoms. The molecule has 0 aliphatic heterocycles. The van der Waals surface area contributed by atoms with Gasteiger partial charge in [-0.15, -0.1) is 0 Å². The lowest BCUT2D eigenvalue weighted by Gasteiger charge is -2.11. The lowest BCUT2D eigenvalue weighted by atomic mass is 10.2. The smallest absolute Gasteiger partial charge is 0.258 e. The van der Waals surface area contributed by atoms with Gasteiger partial charge in [0.05, 0.1) is 6.07 Å². The zero-order valence-corrected chi connectivity index (χ0v) is 13.0. The van der Waals surface area contributed by atoms with Crippen molar-refractivity contribution >= 4 is 5.91 Å². The Morgan fingerprint density at radius 3 is 2.88 bits per heavy atom. The Kier molecular flexibility index (Phi) is 4.82. The summed E-state index contributed by atoms with van der Waals surface area (Å²) < 4.78 is 5.79. The van der Waals surface area contributed by atoms with E-state index in [1.54, 1.807) is 18.2 Å². The second-order valence-corrected chi connectivity index (χ2v) is 5.38. The van der Waals surface area contributed by atoms with Crippen molar-refractivity contribution in [3.05, 3.63) is 60.1 Å². The van der Waals surface area contributed by atoms with E-state index in [2.05, 4.69) is 15.3 Å². The summed E-state index contributed by atoms with van der Waals surface area (Å²) in [6, 6.07) is 11.1. The van der Waals surface area contributed by atoms with Gasteiger partial charge in [0.15, 0.2) is 0 Å².